The minimum Gasteiger partial charge on any atom is -0.421 e. The van der Waals surface area contributed by atoms with Gasteiger partial charge in [0.2, 0.25) is 17.7 Å². The molecule has 2 N–H and O–H groups in total. The monoisotopic (exact) mass is 364 g/mol. The summed E-state index contributed by atoms with van der Waals surface area (Å²) in [4.78, 5) is 23.8. The van der Waals surface area contributed by atoms with Gasteiger partial charge in [0.05, 0.1) is 0 Å². The Labute approximate surface area is 156 Å². The van der Waals surface area contributed by atoms with E-state index >= 15 is 0 Å². The van der Waals surface area contributed by atoms with Crippen molar-refractivity contribution in [3.8, 4) is 11.5 Å². The molecule has 0 aliphatic rings. The van der Waals surface area contributed by atoms with Crippen molar-refractivity contribution in [3.63, 3.8) is 0 Å². The molecule has 0 aliphatic heterocycles. The van der Waals surface area contributed by atoms with Crippen molar-refractivity contribution in [2.45, 2.75) is 19.8 Å². The average Bonchev–Trinajstić information content (AvgIpc) is 3.15. The number of aryl methyl sites for hydroxylation is 2. The van der Waals surface area contributed by atoms with Crippen molar-refractivity contribution in [2.24, 2.45) is 0 Å². The Hall–Kier alpha value is -3.48. The van der Waals surface area contributed by atoms with E-state index in [0.717, 1.165) is 11.1 Å². The van der Waals surface area contributed by atoms with Crippen molar-refractivity contribution >= 4 is 17.5 Å². The third-order valence-electron chi connectivity index (χ3n) is 3.97. The van der Waals surface area contributed by atoms with Gasteiger partial charge in [-0.05, 0) is 37.3 Å². The number of carbonyl (C=O) groups is 2. The highest BCUT2D eigenvalue weighted by atomic mass is 16.4. The maximum atomic E-state index is 12.1. The van der Waals surface area contributed by atoms with E-state index < -0.39 is 0 Å². The molecule has 138 valence electrons. The summed E-state index contributed by atoms with van der Waals surface area (Å²) in [6.07, 6.45) is 0.527. The van der Waals surface area contributed by atoms with E-state index in [1.54, 1.807) is 31.3 Å². The zero-order chi connectivity index (χ0) is 19.2. The molecule has 1 aromatic heterocycles. The maximum Gasteiger partial charge on any atom is 0.251 e. The minimum atomic E-state index is -0.208. The number of aromatic nitrogens is 2. The van der Waals surface area contributed by atoms with Crippen LogP contribution < -0.4 is 10.6 Å². The summed E-state index contributed by atoms with van der Waals surface area (Å²) in [6, 6.07) is 14.5. The molecule has 0 spiro atoms. The van der Waals surface area contributed by atoms with Gasteiger partial charge in [0.15, 0.2) is 0 Å². The summed E-state index contributed by atoms with van der Waals surface area (Å²) in [5, 5.41) is 13.3. The molecule has 2 amide bonds. The molecule has 3 aromatic rings. The van der Waals surface area contributed by atoms with E-state index in [-0.39, 0.29) is 18.2 Å². The van der Waals surface area contributed by atoms with E-state index in [1.165, 1.54) is 0 Å². The number of hydrogen-bond donors (Lipinski definition) is 2. The lowest BCUT2D eigenvalue weighted by atomic mass is 10.1. The highest BCUT2D eigenvalue weighted by molar-refractivity contribution is 5.97. The van der Waals surface area contributed by atoms with Crippen LogP contribution in [0.15, 0.2) is 52.9 Å². The number of nitrogens with one attached hydrogen (secondary N) is 2. The SMILES string of the molecule is CNC(=O)c1cccc(NC(=O)CCc2nnc(-c3ccc(C)cc3)o2)c1. The Morgan fingerprint density at radius 2 is 1.85 bits per heavy atom. The predicted octanol–water partition coefficient (Wildman–Crippen LogP) is 2.98. The molecule has 0 fully saturated rings. The number of benzene rings is 2. The summed E-state index contributed by atoms with van der Waals surface area (Å²) >= 11 is 0. The standard InChI is InChI=1S/C20H20N4O3/c1-13-6-8-14(9-7-13)20-24-23-18(27-20)11-10-17(25)22-16-5-3-4-15(12-16)19(26)21-2/h3-9,12H,10-11H2,1-2H3,(H,21,26)(H,22,25). The summed E-state index contributed by atoms with van der Waals surface area (Å²) < 4.78 is 5.62. The molecule has 0 bridgehead atoms. The van der Waals surface area contributed by atoms with E-state index in [4.69, 9.17) is 4.42 Å². The molecule has 0 unspecified atom stereocenters. The lowest BCUT2D eigenvalue weighted by Crippen LogP contribution is -2.18. The molecular formula is C20H20N4O3. The van der Waals surface area contributed by atoms with Gasteiger partial charge in [-0.3, -0.25) is 9.59 Å². The third-order valence-corrected chi connectivity index (χ3v) is 3.97. The number of anilines is 1. The number of rotatable bonds is 6. The Morgan fingerprint density at radius 1 is 1.07 bits per heavy atom. The smallest absolute Gasteiger partial charge is 0.251 e. The molecule has 0 saturated heterocycles. The molecule has 0 aliphatic carbocycles. The molecule has 0 radical (unpaired) electrons. The second kappa shape index (κ2) is 8.27. The van der Waals surface area contributed by atoms with Crippen LogP contribution in [0, 0.1) is 6.92 Å². The normalized spacial score (nSPS) is 10.4. The first-order chi connectivity index (χ1) is 13.0. The van der Waals surface area contributed by atoms with Gasteiger partial charge in [-0.1, -0.05) is 23.8 Å². The van der Waals surface area contributed by atoms with E-state index in [9.17, 15) is 9.59 Å². The van der Waals surface area contributed by atoms with Crippen LogP contribution in [0.5, 0.6) is 0 Å². The van der Waals surface area contributed by atoms with Crippen molar-refractivity contribution in [1.29, 1.82) is 0 Å². The average molecular weight is 364 g/mol. The first-order valence-corrected chi connectivity index (χ1v) is 8.56. The van der Waals surface area contributed by atoms with Gasteiger partial charge >= 0.3 is 0 Å². The summed E-state index contributed by atoms with van der Waals surface area (Å²) in [7, 11) is 1.56. The second-order valence-corrected chi connectivity index (χ2v) is 6.08. The predicted molar refractivity (Wildman–Crippen MR) is 101 cm³/mol. The highest BCUT2D eigenvalue weighted by Gasteiger charge is 2.11. The number of carbonyl (C=O) groups excluding carboxylic acids is 2. The Balaban J connectivity index is 1.57. The van der Waals surface area contributed by atoms with E-state index in [1.807, 2.05) is 31.2 Å². The van der Waals surface area contributed by atoms with Crippen LogP contribution in [0.1, 0.15) is 28.2 Å². The molecule has 2 aromatic carbocycles. The maximum absolute atomic E-state index is 12.1. The molecule has 3 rings (SSSR count). The largest absolute Gasteiger partial charge is 0.421 e. The number of hydrogen-bond acceptors (Lipinski definition) is 5. The fourth-order valence-corrected chi connectivity index (χ4v) is 2.49. The Bertz CT molecular complexity index is 948. The Kier molecular flexibility index (Phi) is 5.61. The lowest BCUT2D eigenvalue weighted by molar-refractivity contribution is -0.116. The lowest BCUT2D eigenvalue weighted by Gasteiger charge is -2.06. The quantitative estimate of drug-likeness (QED) is 0.701. The zero-order valence-electron chi connectivity index (χ0n) is 15.2. The molecule has 1 heterocycles. The van der Waals surface area contributed by atoms with Gasteiger partial charge < -0.3 is 15.1 Å². The van der Waals surface area contributed by atoms with Crippen molar-refractivity contribution in [1.82, 2.24) is 15.5 Å². The number of amides is 2. The molecule has 27 heavy (non-hydrogen) atoms. The fraction of sp³-hybridized carbons (Fsp3) is 0.200. The van der Waals surface area contributed by atoms with Gasteiger partial charge in [-0.15, -0.1) is 10.2 Å². The van der Waals surface area contributed by atoms with Crippen molar-refractivity contribution < 1.29 is 14.0 Å². The summed E-state index contributed by atoms with van der Waals surface area (Å²) in [5.41, 5.74) is 3.03. The Morgan fingerprint density at radius 3 is 2.59 bits per heavy atom. The summed E-state index contributed by atoms with van der Waals surface area (Å²) in [5.74, 6) is 0.434. The topological polar surface area (TPSA) is 97.1 Å². The van der Waals surface area contributed by atoms with Crippen LogP contribution in [0.3, 0.4) is 0 Å². The van der Waals surface area contributed by atoms with Crippen LogP contribution in [-0.2, 0) is 11.2 Å². The van der Waals surface area contributed by atoms with Gasteiger partial charge in [-0.2, -0.15) is 0 Å². The van der Waals surface area contributed by atoms with E-state index in [2.05, 4.69) is 20.8 Å². The molecule has 0 saturated carbocycles. The second-order valence-electron chi connectivity index (χ2n) is 6.08. The molecule has 7 nitrogen and oxygen atoms in total. The molecular weight excluding hydrogens is 344 g/mol. The van der Waals surface area contributed by atoms with Gasteiger partial charge in [0.1, 0.15) is 0 Å². The van der Waals surface area contributed by atoms with Crippen molar-refractivity contribution in [2.75, 3.05) is 12.4 Å². The first kappa shape index (κ1) is 18.3. The van der Waals surface area contributed by atoms with E-state index in [0.29, 0.717) is 29.5 Å². The fourth-order valence-electron chi connectivity index (χ4n) is 2.49. The van der Waals surface area contributed by atoms with Crippen LogP contribution in [0.4, 0.5) is 5.69 Å². The first-order valence-electron chi connectivity index (χ1n) is 8.56. The van der Waals surface area contributed by atoms with Crippen molar-refractivity contribution in [3.05, 3.63) is 65.5 Å². The van der Waals surface area contributed by atoms with Gasteiger partial charge in [-0.25, -0.2) is 0 Å². The summed E-state index contributed by atoms with van der Waals surface area (Å²) in [6.45, 7) is 2.01. The minimum absolute atomic E-state index is 0.194. The highest BCUT2D eigenvalue weighted by Crippen LogP contribution is 2.19. The van der Waals surface area contributed by atoms with Crippen LogP contribution in [-0.4, -0.2) is 29.1 Å². The molecule has 7 heteroatoms. The third kappa shape index (κ3) is 4.78. The van der Waals surface area contributed by atoms with Crippen LogP contribution >= 0.6 is 0 Å². The van der Waals surface area contributed by atoms with Gasteiger partial charge in [0.25, 0.3) is 5.91 Å². The number of nitrogens with zero attached hydrogens (tertiary/aromatic N) is 2. The van der Waals surface area contributed by atoms with Crippen LogP contribution in [0.25, 0.3) is 11.5 Å². The zero-order valence-corrected chi connectivity index (χ0v) is 15.2. The van der Waals surface area contributed by atoms with Crippen LogP contribution in [0.2, 0.25) is 0 Å². The molecule has 0 atom stereocenters. The van der Waals surface area contributed by atoms with Gasteiger partial charge in [0, 0.05) is 36.7 Å².